The molecule has 14 heavy (non-hydrogen) atoms. The molecule has 0 aliphatic heterocycles. The predicted octanol–water partition coefficient (Wildman–Crippen LogP) is 3.36. The Labute approximate surface area is 92.3 Å². The van der Waals surface area contributed by atoms with E-state index in [-0.39, 0.29) is 23.9 Å². The van der Waals surface area contributed by atoms with E-state index >= 15 is 0 Å². The Morgan fingerprint density at radius 3 is 2.07 bits per heavy atom. The molecule has 0 bridgehead atoms. The molecule has 0 radical (unpaired) electrons. The van der Waals surface area contributed by atoms with Gasteiger partial charge in [0, 0.05) is 0 Å². The fraction of sp³-hybridized carbons (Fsp3) is 0.636. The second-order valence-electron chi connectivity index (χ2n) is 4.73. The van der Waals surface area contributed by atoms with Crippen LogP contribution in [0.1, 0.15) is 43.9 Å². The molecule has 1 atom stereocenters. The maximum absolute atomic E-state index is 6.06. The topological polar surface area (TPSA) is 39.2 Å². The summed E-state index contributed by atoms with van der Waals surface area (Å²) in [4.78, 5) is 0. The van der Waals surface area contributed by atoms with E-state index in [4.69, 9.17) is 10.2 Å². The van der Waals surface area contributed by atoms with Crippen LogP contribution in [0.25, 0.3) is 0 Å². The van der Waals surface area contributed by atoms with Gasteiger partial charge in [-0.1, -0.05) is 20.8 Å². The van der Waals surface area contributed by atoms with Crippen LogP contribution in [0.2, 0.25) is 0 Å². The monoisotopic (exact) mass is 217 g/mol. The van der Waals surface area contributed by atoms with Gasteiger partial charge in [0.1, 0.15) is 11.5 Å². The molecule has 0 saturated carbocycles. The highest BCUT2D eigenvalue weighted by Gasteiger charge is 2.25. The Bertz CT molecular complexity index is 279. The Morgan fingerprint density at radius 2 is 1.79 bits per heavy atom. The summed E-state index contributed by atoms with van der Waals surface area (Å²) in [6.07, 6.45) is 0. The van der Waals surface area contributed by atoms with Crippen molar-refractivity contribution in [3.05, 3.63) is 23.2 Å². The number of hydrogen-bond acceptors (Lipinski definition) is 2. The Morgan fingerprint density at radius 1 is 1.29 bits per heavy atom. The number of nitrogens with two attached hydrogens (primary N) is 1. The second kappa shape index (κ2) is 4.37. The van der Waals surface area contributed by atoms with Gasteiger partial charge in [-0.25, -0.2) is 0 Å². The molecule has 0 amide bonds. The van der Waals surface area contributed by atoms with E-state index < -0.39 is 0 Å². The zero-order valence-electron chi connectivity index (χ0n) is 9.55. The van der Waals surface area contributed by atoms with Crippen LogP contribution in [-0.2, 0) is 0 Å². The third kappa shape index (κ3) is 2.76. The van der Waals surface area contributed by atoms with E-state index in [0.29, 0.717) is 0 Å². The molecular formula is C11H20ClNO. The first-order valence-corrected chi connectivity index (χ1v) is 4.65. The van der Waals surface area contributed by atoms with Gasteiger partial charge in [-0.15, -0.1) is 12.4 Å². The average Bonchev–Trinajstić information content (AvgIpc) is 2.29. The fourth-order valence-corrected chi connectivity index (χ4v) is 1.18. The van der Waals surface area contributed by atoms with E-state index in [0.717, 1.165) is 11.5 Å². The van der Waals surface area contributed by atoms with Gasteiger partial charge in [-0.05, 0) is 30.9 Å². The van der Waals surface area contributed by atoms with Gasteiger partial charge in [0.2, 0.25) is 0 Å². The number of rotatable bonds is 1. The lowest BCUT2D eigenvalue weighted by Gasteiger charge is -2.24. The predicted molar refractivity (Wildman–Crippen MR) is 61.8 cm³/mol. The highest BCUT2D eigenvalue weighted by Crippen LogP contribution is 2.32. The van der Waals surface area contributed by atoms with Crippen LogP contribution in [0, 0.1) is 19.3 Å². The lowest BCUT2D eigenvalue weighted by molar-refractivity contribution is 0.282. The Kier molecular flexibility index (Phi) is 4.22. The van der Waals surface area contributed by atoms with Crippen molar-refractivity contribution < 1.29 is 4.42 Å². The minimum atomic E-state index is -0.0279. The zero-order valence-corrected chi connectivity index (χ0v) is 10.4. The maximum atomic E-state index is 6.06. The number of furan rings is 1. The third-order valence-corrected chi connectivity index (χ3v) is 2.42. The number of hydrogen-bond donors (Lipinski definition) is 1. The van der Waals surface area contributed by atoms with Crippen molar-refractivity contribution in [2.75, 3.05) is 0 Å². The van der Waals surface area contributed by atoms with Crippen molar-refractivity contribution in [3.8, 4) is 0 Å². The van der Waals surface area contributed by atoms with Crippen molar-refractivity contribution in [2.45, 2.75) is 40.7 Å². The Hall–Kier alpha value is -0.470. The second-order valence-corrected chi connectivity index (χ2v) is 4.73. The van der Waals surface area contributed by atoms with Crippen LogP contribution in [0.4, 0.5) is 0 Å². The average molecular weight is 218 g/mol. The first-order valence-electron chi connectivity index (χ1n) is 4.65. The molecule has 0 aliphatic carbocycles. The molecule has 0 fully saturated rings. The summed E-state index contributed by atoms with van der Waals surface area (Å²) < 4.78 is 5.58. The molecule has 0 aliphatic rings. The van der Waals surface area contributed by atoms with Crippen molar-refractivity contribution in [1.29, 1.82) is 0 Å². The largest absolute Gasteiger partial charge is 0.464 e. The molecule has 82 valence electrons. The van der Waals surface area contributed by atoms with Gasteiger partial charge >= 0.3 is 0 Å². The quantitative estimate of drug-likeness (QED) is 0.784. The minimum Gasteiger partial charge on any atom is -0.464 e. The first kappa shape index (κ1) is 13.5. The molecule has 1 rings (SSSR count). The van der Waals surface area contributed by atoms with Crippen LogP contribution in [0.5, 0.6) is 0 Å². The van der Waals surface area contributed by atoms with Gasteiger partial charge in [0.15, 0.2) is 0 Å². The highest BCUT2D eigenvalue weighted by atomic mass is 35.5. The smallest absolute Gasteiger partial charge is 0.121 e. The van der Waals surface area contributed by atoms with E-state index in [2.05, 4.69) is 20.8 Å². The van der Waals surface area contributed by atoms with Gasteiger partial charge in [-0.3, -0.25) is 0 Å². The van der Waals surface area contributed by atoms with Crippen molar-refractivity contribution in [2.24, 2.45) is 11.1 Å². The third-order valence-electron chi connectivity index (χ3n) is 2.42. The molecule has 0 aromatic carbocycles. The van der Waals surface area contributed by atoms with Crippen molar-refractivity contribution in [1.82, 2.24) is 0 Å². The molecule has 0 unspecified atom stereocenters. The fourth-order valence-electron chi connectivity index (χ4n) is 1.18. The number of halogens is 1. The Balaban J connectivity index is 0.00000169. The van der Waals surface area contributed by atoms with Crippen LogP contribution in [0.15, 0.2) is 10.5 Å². The van der Waals surface area contributed by atoms with Gasteiger partial charge in [-0.2, -0.15) is 0 Å². The molecular weight excluding hydrogens is 198 g/mol. The SMILES string of the molecule is Cc1cc([C@H](N)C(C)(C)C)oc1C.Cl. The molecule has 0 saturated heterocycles. The summed E-state index contributed by atoms with van der Waals surface area (Å²) >= 11 is 0. The first-order chi connectivity index (χ1) is 5.82. The summed E-state index contributed by atoms with van der Waals surface area (Å²) in [5.74, 6) is 1.86. The summed E-state index contributed by atoms with van der Waals surface area (Å²) in [6.45, 7) is 10.4. The van der Waals surface area contributed by atoms with Gasteiger partial charge in [0.05, 0.1) is 6.04 Å². The zero-order chi connectivity index (χ0) is 10.2. The van der Waals surface area contributed by atoms with E-state index in [9.17, 15) is 0 Å². The van der Waals surface area contributed by atoms with Gasteiger partial charge < -0.3 is 10.2 Å². The summed E-state index contributed by atoms with van der Waals surface area (Å²) in [5, 5.41) is 0. The lowest BCUT2D eigenvalue weighted by Crippen LogP contribution is -2.25. The molecule has 2 N–H and O–H groups in total. The summed E-state index contributed by atoms with van der Waals surface area (Å²) in [5.41, 5.74) is 7.29. The standard InChI is InChI=1S/C11H19NO.ClH/c1-7-6-9(13-8(7)2)10(12)11(3,4)5;/h6,10H,12H2,1-5H3;1H/t10-;/m0./s1. The molecule has 1 aromatic rings. The number of aryl methyl sites for hydroxylation is 2. The summed E-state index contributed by atoms with van der Waals surface area (Å²) in [7, 11) is 0. The molecule has 2 nitrogen and oxygen atoms in total. The van der Waals surface area contributed by atoms with Crippen molar-refractivity contribution in [3.63, 3.8) is 0 Å². The van der Waals surface area contributed by atoms with Gasteiger partial charge in [0.25, 0.3) is 0 Å². The van der Waals surface area contributed by atoms with E-state index in [1.807, 2.05) is 19.9 Å². The molecule has 1 heterocycles. The normalized spacial score (nSPS) is 13.6. The lowest BCUT2D eigenvalue weighted by atomic mass is 9.86. The van der Waals surface area contributed by atoms with Crippen LogP contribution in [-0.4, -0.2) is 0 Å². The molecule has 0 spiro atoms. The van der Waals surface area contributed by atoms with E-state index in [1.54, 1.807) is 0 Å². The van der Waals surface area contributed by atoms with Crippen LogP contribution >= 0.6 is 12.4 Å². The molecule has 3 heteroatoms. The van der Waals surface area contributed by atoms with Crippen molar-refractivity contribution >= 4 is 12.4 Å². The van der Waals surface area contributed by atoms with Crippen LogP contribution < -0.4 is 5.73 Å². The summed E-state index contributed by atoms with van der Waals surface area (Å²) in [6, 6.07) is 2.01. The van der Waals surface area contributed by atoms with E-state index in [1.165, 1.54) is 5.56 Å². The maximum Gasteiger partial charge on any atom is 0.121 e. The molecule has 1 aromatic heterocycles. The minimum absolute atomic E-state index is 0. The van der Waals surface area contributed by atoms with Crippen LogP contribution in [0.3, 0.4) is 0 Å². The highest BCUT2D eigenvalue weighted by molar-refractivity contribution is 5.85.